The predicted molar refractivity (Wildman–Crippen MR) is 78.1 cm³/mol. The van der Waals surface area contributed by atoms with E-state index >= 15 is 0 Å². The van der Waals surface area contributed by atoms with Crippen molar-refractivity contribution in [2.45, 2.75) is 38.1 Å². The maximum atomic E-state index is 12.5. The summed E-state index contributed by atoms with van der Waals surface area (Å²) in [5.74, 6) is 0.938. The van der Waals surface area contributed by atoms with E-state index in [1.807, 2.05) is 0 Å². The smallest absolute Gasteiger partial charge is 0.252 e. The second kappa shape index (κ2) is 5.48. The molecule has 0 atom stereocenters. The number of carbonyl (C=O) groups excluding carboxylic acids is 1. The van der Waals surface area contributed by atoms with Crippen molar-refractivity contribution in [2.75, 3.05) is 0 Å². The van der Waals surface area contributed by atoms with E-state index in [0.29, 0.717) is 22.3 Å². The monoisotopic (exact) mass is 305 g/mol. The van der Waals surface area contributed by atoms with Crippen LogP contribution < -0.4 is 5.32 Å². The van der Waals surface area contributed by atoms with E-state index in [0.717, 1.165) is 25.7 Å². The second-order valence-corrected chi connectivity index (χ2v) is 5.82. The summed E-state index contributed by atoms with van der Waals surface area (Å²) in [5, 5.41) is 7.71. The number of hydrogen-bond donors (Lipinski definition) is 1. The lowest BCUT2D eigenvalue weighted by molar-refractivity contribution is 0.0892. The number of benzene rings is 1. The van der Waals surface area contributed by atoms with Gasteiger partial charge in [-0.15, -0.1) is 0 Å². The van der Waals surface area contributed by atoms with Crippen molar-refractivity contribution in [3.63, 3.8) is 0 Å². The molecule has 0 saturated heterocycles. The molecule has 1 saturated carbocycles. The first-order valence-corrected chi connectivity index (χ1v) is 7.36. The zero-order valence-electron chi connectivity index (χ0n) is 11.7. The van der Waals surface area contributed by atoms with Crippen LogP contribution in [0.1, 0.15) is 47.8 Å². The van der Waals surface area contributed by atoms with Crippen LogP contribution in [0, 0.1) is 6.92 Å². The van der Waals surface area contributed by atoms with Gasteiger partial charge in [-0.05, 0) is 37.1 Å². The minimum Gasteiger partial charge on any atom is -0.340 e. The highest BCUT2D eigenvalue weighted by Gasteiger charge is 2.41. The van der Waals surface area contributed by atoms with Crippen molar-refractivity contribution < 1.29 is 9.32 Å². The van der Waals surface area contributed by atoms with Gasteiger partial charge >= 0.3 is 0 Å². The molecule has 1 aromatic heterocycles. The van der Waals surface area contributed by atoms with Crippen LogP contribution in [-0.4, -0.2) is 16.0 Å². The SMILES string of the molecule is Cc1nc(C2(NC(=O)c3ccc(Cl)cc3)CCCC2)no1. The average molecular weight is 306 g/mol. The average Bonchev–Trinajstić information content (AvgIpc) is 3.09. The summed E-state index contributed by atoms with van der Waals surface area (Å²) in [5.41, 5.74) is 0.0555. The first kappa shape index (κ1) is 14.1. The fraction of sp³-hybridized carbons (Fsp3) is 0.400. The molecule has 1 aromatic carbocycles. The molecule has 6 heteroatoms. The van der Waals surface area contributed by atoms with Gasteiger partial charge in [0.25, 0.3) is 5.91 Å². The van der Waals surface area contributed by atoms with Crippen LogP contribution in [0.5, 0.6) is 0 Å². The van der Waals surface area contributed by atoms with Crippen molar-refractivity contribution >= 4 is 17.5 Å². The van der Waals surface area contributed by atoms with Gasteiger partial charge in [-0.3, -0.25) is 4.79 Å². The molecule has 21 heavy (non-hydrogen) atoms. The molecular weight excluding hydrogens is 290 g/mol. The maximum absolute atomic E-state index is 12.5. The van der Waals surface area contributed by atoms with Crippen LogP contribution in [0.2, 0.25) is 5.02 Å². The lowest BCUT2D eigenvalue weighted by Gasteiger charge is -2.26. The van der Waals surface area contributed by atoms with Crippen LogP contribution >= 0.6 is 11.6 Å². The van der Waals surface area contributed by atoms with Crippen LogP contribution in [0.15, 0.2) is 28.8 Å². The first-order chi connectivity index (χ1) is 10.1. The Morgan fingerprint density at radius 2 is 1.95 bits per heavy atom. The van der Waals surface area contributed by atoms with E-state index < -0.39 is 5.54 Å². The number of rotatable bonds is 3. The van der Waals surface area contributed by atoms with E-state index in [1.54, 1.807) is 31.2 Å². The molecule has 1 fully saturated rings. The predicted octanol–water partition coefficient (Wildman–Crippen LogP) is 3.23. The van der Waals surface area contributed by atoms with Gasteiger partial charge in [0.1, 0.15) is 5.54 Å². The summed E-state index contributed by atoms with van der Waals surface area (Å²) in [4.78, 5) is 16.8. The highest BCUT2D eigenvalue weighted by atomic mass is 35.5. The van der Waals surface area contributed by atoms with Gasteiger partial charge in [-0.2, -0.15) is 4.98 Å². The molecule has 1 aliphatic carbocycles. The largest absolute Gasteiger partial charge is 0.340 e. The third-order valence-corrected chi connectivity index (χ3v) is 4.12. The summed E-state index contributed by atoms with van der Waals surface area (Å²) in [6.07, 6.45) is 3.72. The fourth-order valence-corrected chi connectivity index (χ4v) is 2.89. The summed E-state index contributed by atoms with van der Waals surface area (Å²) < 4.78 is 5.08. The number of nitrogens with zero attached hydrogens (tertiary/aromatic N) is 2. The zero-order chi connectivity index (χ0) is 14.9. The molecule has 0 aliphatic heterocycles. The number of nitrogens with one attached hydrogen (secondary N) is 1. The number of hydrogen-bond acceptors (Lipinski definition) is 4. The molecule has 1 heterocycles. The lowest BCUT2D eigenvalue weighted by atomic mass is 9.96. The molecular formula is C15H16ClN3O2. The lowest BCUT2D eigenvalue weighted by Crippen LogP contribution is -2.44. The number of aryl methyl sites for hydroxylation is 1. The van der Waals surface area contributed by atoms with Gasteiger partial charge in [-0.1, -0.05) is 29.6 Å². The summed E-state index contributed by atoms with van der Waals surface area (Å²) >= 11 is 5.85. The van der Waals surface area contributed by atoms with Gasteiger partial charge in [-0.25, -0.2) is 0 Å². The first-order valence-electron chi connectivity index (χ1n) is 6.98. The van der Waals surface area contributed by atoms with Crippen molar-refractivity contribution in [1.82, 2.24) is 15.5 Å². The Labute approximate surface area is 127 Å². The van der Waals surface area contributed by atoms with E-state index in [2.05, 4.69) is 15.5 Å². The molecule has 0 unspecified atom stereocenters. The van der Waals surface area contributed by atoms with Gasteiger partial charge in [0.2, 0.25) is 5.89 Å². The maximum Gasteiger partial charge on any atom is 0.252 e. The van der Waals surface area contributed by atoms with Crippen LogP contribution in [0.3, 0.4) is 0 Å². The quantitative estimate of drug-likeness (QED) is 0.945. The van der Waals surface area contributed by atoms with Crippen LogP contribution in [0.4, 0.5) is 0 Å². The Kier molecular flexibility index (Phi) is 3.68. The van der Waals surface area contributed by atoms with Gasteiger partial charge < -0.3 is 9.84 Å². The van der Waals surface area contributed by atoms with E-state index in [9.17, 15) is 4.79 Å². The van der Waals surface area contributed by atoms with Crippen molar-refractivity contribution in [3.8, 4) is 0 Å². The van der Waals surface area contributed by atoms with Crippen LogP contribution in [-0.2, 0) is 5.54 Å². The molecule has 1 aliphatic rings. The Morgan fingerprint density at radius 1 is 1.29 bits per heavy atom. The zero-order valence-corrected chi connectivity index (χ0v) is 12.5. The van der Waals surface area contributed by atoms with Gasteiger partial charge in [0.05, 0.1) is 0 Å². The standard InChI is InChI=1S/C15H16ClN3O2/c1-10-17-14(19-21-10)15(8-2-3-9-15)18-13(20)11-4-6-12(16)7-5-11/h4-7H,2-3,8-9H2,1H3,(H,18,20). The molecule has 0 spiro atoms. The molecule has 2 aromatic rings. The minimum atomic E-state index is -0.519. The molecule has 110 valence electrons. The third kappa shape index (κ3) is 2.78. The molecule has 0 radical (unpaired) electrons. The summed E-state index contributed by atoms with van der Waals surface area (Å²) in [7, 11) is 0. The molecule has 1 amide bonds. The topological polar surface area (TPSA) is 68.0 Å². The number of amides is 1. The molecule has 5 nitrogen and oxygen atoms in total. The third-order valence-electron chi connectivity index (χ3n) is 3.87. The number of halogens is 1. The number of carbonyl (C=O) groups is 1. The Hall–Kier alpha value is -1.88. The fourth-order valence-electron chi connectivity index (χ4n) is 2.77. The van der Waals surface area contributed by atoms with E-state index in [4.69, 9.17) is 16.1 Å². The van der Waals surface area contributed by atoms with E-state index in [-0.39, 0.29) is 5.91 Å². The summed E-state index contributed by atoms with van der Waals surface area (Å²) in [6.45, 7) is 1.75. The highest BCUT2D eigenvalue weighted by molar-refractivity contribution is 6.30. The second-order valence-electron chi connectivity index (χ2n) is 5.39. The Bertz CT molecular complexity index is 645. The normalized spacial score (nSPS) is 16.9. The summed E-state index contributed by atoms with van der Waals surface area (Å²) in [6, 6.07) is 6.83. The Morgan fingerprint density at radius 3 is 2.52 bits per heavy atom. The van der Waals surface area contributed by atoms with Crippen LogP contribution in [0.25, 0.3) is 0 Å². The Balaban J connectivity index is 1.85. The minimum absolute atomic E-state index is 0.143. The van der Waals surface area contributed by atoms with Crippen molar-refractivity contribution in [3.05, 3.63) is 46.6 Å². The van der Waals surface area contributed by atoms with Crippen molar-refractivity contribution in [1.29, 1.82) is 0 Å². The highest BCUT2D eigenvalue weighted by Crippen LogP contribution is 2.37. The molecule has 3 rings (SSSR count). The number of aromatic nitrogens is 2. The van der Waals surface area contributed by atoms with Gasteiger partial charge in [0.15, 0.2) is 5.82 Å². The van der Waals surface area contributed by atoms with Crippen molar-refractivity contribution in [2.24, 2.45) is 0 Å². The van der Waals surface area contributed by atoms with E-state index in [1.165, 1.54) is 0 Å². The van der Waals surface area contributed by atoms with Gasteiger partial charge in [0, 0.05) is 17.5 Å². The molecule has 0 bridgehead atoms. The molecule has 1 N–H and O–H groups in total.